The van der Waals surface area contributed by atoms with Crippen LogP contribution in [0.15, 0.2) is 46.9 Å². The lowest BCUT2D eigenvalue weighted by Crippen LogP contribution is -1.98. The van der Waals surface area contributed by atoms with Crippen LogP contribution in [0.5, 0.6) is 0 Å². The first-order valence-corrected chi connectivity index (χ1v) is 7.28. The molecule has 4 heteroatoms. The average Bonchev–Trinajstić information content (AvgIpc) is 2.47. The van der Waals surface area contributed by atoms with E-state index < -0.39 is 0 Å². The van der Waals surface area contributed by atoms with E-state index in [4.69, 9.17) is 10.5 Å². The summed E-state index contributed by atoms with van der Waals surface area (Å²) < 4.78 is 20.4. The largest absolute Gasteiger partial charge is 0.372 e. The third kappa shape index (κ3) is 4.98. The van der Waals surface area contributed by atoms with Crippen LogP contribution < -0.4 is 5.73 Å². The molecule has 0 heterocycles. The summed E-state index contributed by atoms with van der Waals surface area (Å²) in [6, 6.07) is 12.7. The lowest BCUT2D eigenvalue weighted by Gasteiger charge is -2.06. The van der Waals surface area contributed by atoms with Gasteiger partial charge in [0, 0.05) is 15.6 Å². The van der Waals surface area contributed by atoms with E-state index >= 15 is 0 Å². The Morgan fingerprint density at radius 1 is 1.14 bits per heavy atom. The Bertz CT molecular complexity index is 676. The van der Waals surface area contributed by atoms with Crippen LogP contribution in [0.3, 0.4) is 0 Å². The number of halogens is 2. The van der Waals surface area contributed by atoms with Crippen molar-refractivity contribution in [2.75, 3.05) is 6.54 Å². The van der Waals surface area contributed by atoms with Crippen LogP contribution in [0.2, 0.25) is 0 Å². The van der Waals surface area contributed by atoms with E-state index in [-0.39, 0.29) is 19.0 Å². The van der Waals surface area contributed by atoms with Gasteiger partial charge in [-0.05, 0) is 29.8 Å². The molecule has 0 fully saturated rings. The van der Waals surface area contributed by atoms with Gasteiger partial charge in [-0.1, -0.05) is 46.0 Å². The molecule has 0 aliphatic rings. The van der Waals surface area contributed by atoms with Crippen LogP contribution in [0.1, 0.15) is 16.7 Å². The molecule has 0 unspecified atom stereocenters. The van der Waals surface area contributed by atoms with Gasteiger partial charge >= 0.3 is 0 Å². The minimum Gasteiger partial charge on any atom is -0.372 e. The fourth-order valence-electron chi connectivity index (χ4n) is 1.80. The van der Waals surface area contributed by atoms with Gasteiger partial charge in [-0.2, -0.15) is 0 Å². The van der Waals surface area contributed by atoms with Gasteiger partial charge in [0.2, 0.25) is 0 Å². The number of nitrogens with two attached hydrogens (primary N) is 1. The number of hydrogen-bond acceptors (Lipinski definition) is 2. The normalized spacial score (nSPS) is 10.0. The summed E-state index contributed by atoms with van der Waals surface area (Å²) in [6.45, 7) is 0.926. The average molecular weight is 348 g/mol. The third-order valence-corrected chi connectivity index (χ3v) is 3.30. The maximum absolute atomic E-state index is 13.9. The lowest BCUT2D eigenvalue weighted by molar-refractivity contribution is 0.105. The lowest BCUT2D eigenvalue weighted by atomic mass is 10.1. The highest BCUT2D eigenvalue weighted by Gasteiger charge is 2.03. The Morgan fingerprint density at radius 2 is 2.00 bits per heavy atom. The van der Waals surface area contributed by atoms with Crippen molar-refractivity contribution < 1.29 is 9.13 Å². The molecule has 0 atom stereocenters. The molecule has 2 aromatic carbocycles. The molecule has 108 valence electrons. The van der Waals surface area contributed by atoms with Gasteiger partial charge in [-0.25, -0.2) is 4.39 Å². The smallest absolute Gasteiger partial charge is 0.129 e. The predicted octanol–water partition coefficient (Wildman–Crippen LogP) is 3.62. The van der Waals surface area contributed by atoms with E-state index in [1.54, 1.807) is 12.1 Å². The number of ether oxygens (including phenoxy) is 1. The maximum atomic E-state index is 13.9. The van der Waals surface area contributed by atoms with Crippen molar-refractivity contribution in [3.05, 3.63) is 69.4 Å². The van der Waals surface area contributed by atoms with Crippen LogP contribution in [0.25, 0.3) is 0 Å². The molecule has 0 amide bonds. The van der Waals surface area contributed by atoms with Crippen molar-refractivity contribution in [2.24, 2.45) is 5.73 Å². The molecule has 0 saturated carbocycles. The molecule has 0 aromatic heterocycles. The van der Waals surface area contributed by atoms with Gasteiger partial charge in [0.1, 0.15) is 5.82 Å². The van der Waals surface area contributed by atoms with Crippen LogP contribution in [-0.2, 0) is 18.0 Å². The summed E-state index contributed by atoms with van der Waals surface area (Å²) in [5, 5.41) is 0. The van der Waals surface area contributed by atoms with Gasteiger partial charge in [0.25, 0.3) is 0 Å². The first kappa shape index (κ1) is 15.7. The number of hydrogen-bond donors (Lipinski definition) is 1. The molecule has 0 radical (unpaired) electrons. The Kier molecular flexibility index (Phi) is 5.94. The predicted molar refractivity (Wildman–Crippen MR) is 85.0 cm³/mol. The molecule has 0 aliphatic carbocycles. The molecule has 0 saturated heterocycles. The van der Waals surface area contributed by atoms with Gasteiger partial charge in [0.05, 0.1) is 19.8 Å². The van der Waals surface area contributed by atoms with Crippen molar-refractivity contribution in [1.82, 2.24) is 0 Å². The number of rotatable bonds is 4. The van der Waals surface area contributed by atoms with E-state index in [0.29, 0.717) is 17.7 Å². The van der Waals surface area contributed by atoms with Gasteiger partial charge in [0.15, 0.2) is 0 Å². The van der Waals surface area contributed by atoms with Crippen LogP contribution in [0.4, 0.5) is 4.39 Å². The fraction of sp³-hybridized carbons (Fsp3) is 0.176. The molecule has 2 nitrogen and oxygen atoms in total. The third-order valence-electron chi connectivity index (χ3n) is 2.80. The topological polar surface area (TPSA) is 35.2 Å². The summed E-state index contributed by atoms with van der Waals surface area (Å²) >= 11 is 3.40. The van der Waals surface area contributed by atoms with Crippen molar-refractivity contribution in [1.29, 1.82) is 0 Å². The Labute approximate surface area is 132 Å². The van der Waals surface area contributed by atoms with E-state index in [0.717, 1.165) is 10.0 Å². The first-order valence-electron chi connectivity index (χ1n) is 6.48. The summed E-state index contributed by atoms with van der Waals surface area (Å²) in [5.74, 6) is 5.18. The monoisotopic (exact) mass is 347 g/mol. The SMILES string of the molecule is NCC#Cc1ccc(COCc2cccc(Br)c2)c(F)c1. The fourth-order valence-corrected chi connectivity index (χ4v) is 2.25. The van der Waals surface area contributed by atoms with Crippen molar-refractivity contribution in [3.8, 4) is 11.8 Å². The standard InChI is InChI=1S/C17H15BrFNO/c18-16-5-1-3-14(9-16)11-21-12-15-7-6-13(4-2-8-20)10-17(15)19/h1,3,5-7,9-10H,8,11-12,20H2. The highest BCUT2D eigenvalue weighted by molar-refractivity contribution is 9.10. The quantitative estimate of drug-likeness (QED) is 0.857. The Hall–Kier alpha value is -1.67. The van der Waals surface area contributed by atoms with Gasteiger partial charge < -0.3 is 10.5 Å². The summed E-state index contributed by atoms with van der Waals surface area (Å²) in [4.78, 5) is 0. The van der Waals surface area contributed by atoms with Gasteiger partial charge in [-0.3, -0.25) is 0 Å². The zero-order valence-corrected chi connectivity index (χ0v) is 13.0. The van der Waals surface area contributed by atoms with Crippen molar-refractivity contribution in [3.63, 3.8) is 0 Å². The summed E-state index contributed by atoms with van der Waals surface area (Å²) in [6.07, 6.45) is 0. The summed E-state index contributed by atoms with van der Waals surface area (Å²) in [5.41, 5.74) is 7.46. The van der Waals surface area contributed by atoms with Crippen LogP contribution in [-0.4, -0.2) is 6.54 Å². The maximum Gasteiger partial charge on any atom is 0.129 e. The molecular weight excluding hydrogens is 333 g/mol. The molecule has 0 aliphatic heterocycles. The molecule has 0 bridgehead atoms. The van der Waals surface area contributed by atoms with E-state index in [1.165, 1.54) is 6.07 Å². The van der Waals surface area contributed by atoms with E-state index in [1.807, 2.05) is 24.3 Å². The molecular formula is C17H15BrFNO. The van der Waals surface area contributed by atoms with E-state index in [9.17, 15) is 4.39 Å². The Balaban J connectivity index is 1.94. The second-order valence-corrected chi connectivity index (χ2v) is 5.35. The van der Waals surface area contributed by atoms with Crippen LogP contribution >= 0.6 is 15.9 Å². The van der Waals surface area contributed by atoms with Crippen LogP contribution in [0, 0.1) is 17.7 Å². The minimum atomic E-state index is -0.312. The van der Waals surface area contributed by atoms with E-state index in [2.05, 4.69) is 27.8 Å². The number of benzene rings is 2. The van der Waals surface area contributed by atoms with Gasteiger partial charge in [-0.15, -0.1) is 0 Å². The zero-order valence-electron chi connectivity index (χ0n) is 11.4. The van der Waals surface area contributed by atoms with Crippen molar-refractivity contribution >= 4 is 15.9 Å². The zero-order chi connectivity index (χ0) is 15.1. The highest BCUT2D eigenvalue weighted by Crippen LogP contribution is 2.15. The Morgan fingerprint density at radius 3 is 2.71 bits per heavy atom. The second kappa shape index (κ2) is 7.94. The molecule has 0 spiro atoms. The molecule has 2 N–H and O–H groups in total. The highest BCUT2D eigenvalue weighted by atomic mass is 79.9. The summed E-state index contributed by atoms with van der Waals surface area (Å²) in [7, 11) is 0. The molecule has 2 rings (SSSR count). The molecule has 21 heavy (non-hydrogen) atoms. The minimum absolute atomic E-state index is 0.225. The van der Waals surface area contributed by atoms with Crippen molar-refractivity contribution in [2.45, 2.75) is 13.2 Å². The second-order valence-electron chi connectivity index (χ2n) is 4.43. The first-order chi connectivity index (χ1) is 10.2. The molecule has 2 aromatic rings.